The number of benzene rings is 1. The van der Waals surface area contributed by atoms with Gasteiger partial charge in [0.15, 0.2) is 5.65 Å². The van der Waals surface area contributed by atoms with Crippen molar-refractivity contribution in [3.8, 4) is 17.1 Å². The van der Waals surface area contributed by atoms with Crippen molar-refractivity contribution >= 4 is 34.4 Å². The molecule has 5 N–H and O–H groups in total. The first-order valence-corrected chi connectivity index (χ1v) is 13.6. The summed E-state index contributed by atoms with van der Waals surface area (Å²) in [6.45, 7) is 2.80. The Morgan fingerprint density at radius 3 is 2.80 bits per heavy atom. The smallest absolute Gasteiger partial charge is 0.227 e. The highest BCUT2D eigenvalue weighted by atomic mass is 35.5. The van der Waals surface area contributed by atoms with E-state index in [1.807, 2.05) is 6.07 Å². The number of nitrogens with zero attached hydrogens (tertiary/aromatic N) is 3. The van der Waals surface area contributed by atoms with E-state index < -0.39 is 24.0 Å². The predicted octanol–water partition coefficient (Wildman–Crippen LogP) is 3.24. The number of primary amides is 1. The molecule has 210 valence electrons. The number of halogens is 1. The first-order valence-electron chi connectivity index (χ1n) is 13.2. The van der Waals surface area contributed by atoms with Gasteiger partial charge in [-0.25, -0.2) is 9.97 Å². The molecule has 1 amide bonds. The second-order valence-electron chi connectivity index (χ2n) is 10.1. The summed E-state index contributed by atoms with van der Waals surface area (Å²) in [7, 11) is 3.25. The number of β-amino-alcohol motifs (C(OH)–C–C–N with tert-alkyl or cyclic N) is 1. The molecule has 5 rings (SSSR count). The number of fused-ring (bicyclic) bond motifs is 1. The summed E-state index contributed by atoms with van der Waals surface area (Å²) in [5.41, 5.74) is 14.9. The Morgan fingerprint density at radius 1 is 1.30 bits per heavy atom. The minimum atomic E-state index is -0.599. The third kappa shape index (κ3) is 5.93. The minimum Gasteiger partial charge on any atom is -0.496 e. The van der Waals surface area contributed by atoms with Crippen molar-refractivity contribution < 1.29 is 19.4 Å². The van der Waals surface area contributed by atoms with Gasteiger partial charge in [0.25, 0.3) is 0 Å². The molecule has 0 bridgehead atoms. The van der Waals surface area contributed by atoms with E-state index in [0.29, 0.717) is 52.5 Å². The van der Waals surface area contributed by atoms with Crippen LogP contribution in [0.5, 0.6) is 5.75 Å². The number of anilines is 1. The van der Waals surface area contributed by atoms with Gasteiger partial charge in [-0.05, 0) is 61.7 Å². The maximum atomic E-state index is 12.0. The van der Waals surface area contributed by atoms with E-state index in [1.165, 1.54) is 11.8 Å². The van der Waals surface area contributed by atoms with E-state index in [9.17, 15) is 9.90 Å². The van der Waals surface area contributed by atoms with E-state index in [4.69, 9.17) is 31.8 Å². The van der Waals surface area contributed by atoms with Crippen LogP contribution in [0.3, 0.4) is 0 Å². The number of carbonyl (C=O) groups excluding carboxylic acids is 1. The first kappa shape index (κ1) is 27.9. The molecule has 2 aliphatic rings. The van der Waals surface area contributed by atoms with Gasteiger partial charge in [0, 0.05) is 13.7 Å². The number of aliphatic hydroxyl groups is 1. The summed E-state index contributed by atoms with van der Waals surface area (Å²) in [5, 5.41) is 13.7. The zero-order valence-electron chi connectivity index (χ0n) is 22.5. The van der Waals surface area contributed by atoms with Crippen molar-refractivity contribution in [2.45, 2.75) is 30.9 Å². The molecule has 3 heterocycles. The number of piperidine rings is 1. The topological polar surface area (TPSA) is 139 Å². The summed E-state index contributed by atoms with van der Waals surface area (Å²) >= 11 is 6.53. The van der Waals surface area contributed by atoms with Crippen molar-refractivity contribution in [2.24, 2.45) is 11.7 Å². The second-order valence-corrected chi connectivity index (χ2v) is 10.5. The van der Waals surface area contributed by atoms with E-state index in [2.05, 4.69) is 43.8 Å². The normalized spacial score (nSPS) is 20.2. The van der Waals surface area contributed by atoms with E-state index in [1.54, 1.807) is 26.4 Å². The van der Waals surface area contributed by atoms with Crippen molar-refractivity contribution in [1.82, 2.24) is 19.9 Å². The highest BCUT2D eigenvalue weighted by Crippen LogP contribution is 2.37. The number of nitrogens with one attached hydrogen (secondary N) is 2. The lowest BCUT2D eigenvalue weighted by molar-refractivity contribution is -0.120. The molecular weight excluding hydrogens is 532 g/mol. The van der Waals surface area contributed by atoms with Gasteiger partial charge < -0.3 is 35.5 Å². The van der Waals surface area contributed by atoms with Gasteiger partial charge in [-0.2, -0.15) is 0 Å². The summed E-state index contributed by atoms with van der Waals surface area (Å²) < 4.78 is 10.8. The van der Waals surface area contributed by atoms with Crippen molar-refractivity contribution in [2.75, 3.05) is 45.8 Å². The van der Waals surface area contributed by atoms with Crippen LogP contribution in [-0.2, 0) is 9.53 Å². The lowest BCUT2D eigenvalue weighted by atomic mass is 9.88. The molecule has 1 aliphatic heterocycles. The SMILES string of the molecule is COC[C@H](O)CN1CCC(c2ccc(-c3nc4ncc(Cl)c(N[C@@H]5C=C=C=C[C@@H]5C(N)=O)c4[nH]3)c(OC)c2)CC1. The Kier molecular flexibility index (Phi) is 8.57. The van der Waals surface area contributed by atoms with Gasteiger partial charge in [-0.1, -0.05) is 29.1 Å². The fourth-order valence-corrected chi connectivity index (χ4v) is 5.59. The Hall–Kier alpha value is -3.62. The summed E-state index contributed by atoms with van der Waals surface area (Å²) in [6, 6.07) is 5.76. The van der Waals surface area contributed by atoms with Gasteiger partial charge in [-0.15, -0.1) is 0 Å². The molecule has 1 fully saturated rings. The highest BCUT2D eigenvalue weighted by molar-refractivity contribution is 6.34. The summed E-state index contributed by atoms with van der Waals surface area (Å²) in [6.07, 6.45) is 6.33. The minimum absolute atomic E-state index is 0.347. The number of aromatic nitrogens is 3. The Morgan fingerprint density at radius 2 is 2.08 bits per heavy atom. The van der Waals surface area contributed by atoms with Crippen molar-refractivity contribution in [3.05, 3.63) is 58.6 Å². The predicted molar refractivity (Wildman–Crippen MR) is 153 cm³/mol. The van der Waals surface area contributed by atoms with Crippen molar-refractivity contribution in [3.63, 3.8) is 0 Å². The number of H-pyrrole nitrogens is 1. The van der Waals surface area contributed by atoms with Crippen molar-refractivity contribution in [1.29, 1.82) is 0 Å². The number of hydrogen-bond acceptors (Lipinski definition) is 8. The van der Waals surface area contributed by atoms with Crippen LogP contribution in [0.2, 0.25) is 5.02 Å². The Labute approximate surface area is 237 Å². The molecule has 1 aromatic carbocycles. The molecule has 0 spiro atoms. The number of hydrogen-bond donors (Lipinski definition) is 4. The fraction of sp³-hybridized carbons (Fsp3) is 0.414. The highest BCUT2D eigenvalue weighted by Gasteiger charge is 2.27. The van der Waals surface area contributed by atoms with Crippen LogP contribution in [0, 0.1) is 5.92 Å². The van der Waals surface area contributed by atoms with Gasteiger partial charge in [0.2, 0.25) is 5.91 Å². The molecule has 0 unspecified atom stereocenters. The van der Waals surface area contributed by atoms with Crippen LogP contribution in [0.1, 0.15) is 24.3 Å². The van der Waals surface area contributed by atoms with Crippen LogP contribution >= 0.6 is 11.6 Å². The fourth-order valence-electron chi connectivity index (χ4n) is 5.39. The molecule has 11 heteroatoms. The number of likely N-dealkylation sites (tertiary alicyclic amines) is 1. The lowest BCUT2D eigenvalue weighted by Crippen LogP contribution is -2.39. The molecule has 40 heavy (non-hydrogen) atoms. The molecule has 0 saturated carbocycles. The number of carbonyl (C=O) groups is 1. The quantitative estimate of drug-likeness (QED) is 0.275. The van der Waals surface area contributed by atoms with Crippen LogP contribution in [0.15, 0.2) is 48.0 Å². The largest absolute Gasteiger partial charge is 0.496 e. The van der Waals surface area contributed by atoms with Crippen LogP contribution < -0.4 is 15.8 Å². The van der Waals surface area contributed by atoms with E-state index in [0.717, 1.165) is 31.5 Å². The molecule has 2 aromatic heterocycles. The summed E-state index contributed by atoms with van der Waals surface area (Å²) in [5.74, 6) is 0.611. The molecule has 1 saturated heterocycles. The monoisotopic (exact) mass is 564 g/mol. The number of aliphatic hydroxyl groups excluding tert-OH is 1. The van der Waals surface area contributed by atoms with Gasteiger partial charge >= 0.3 is 0 Å². The Bertz CT molecular complexity index is 1490. The molecule has 1 aliphatic carbocycles. The van der Waals surface area contributed by atoms with E-state index in [-0.39, 0.29) is 0 Å². The van der Waals surface area contributed by atoms with Crippen LogP contribution in [-0.4, -0.2) is 83.5 Å². The lowest BCUT2D eigenvalue weighted by Gasteiger charge is -2.33. The van der Waals surface area contributed by atoms with Gasteiger partial charge in [0.05, 0.1) is 54.3 Å². The Balaban J connectivity index is 1.37. The molecule has 10 nitrogen and oxygen atoms in total. The molecule has 3 aromatic rings. The molecule has 3 atom stereocenters. The maximum Gasteiger partial charge on any atom is 0.227 e. The number of aromatic amines is 1. The molecular formula is C29H33ClN6O4. The van der Waals surface area contributed by atoms with Crippen LogP contribution in [0.4, 0.5) is 5.69 Å². The standard InChI is InChI=1S/C29H33ClN6O4/c1-39-16-19(37)15-36-11-9-17(10-12-36)18-7-8-21(24(13-18)40-2)28-34-26-25(22(30)14-32-29(26)35-28)33-23-6-4-3-5-20(23)27(31)38/h5-8,13-14,17,19-20,23,37H,9-12,15-16H2,1-2H3,(H2,31,38)(H2,32,33,34,35)/t19-,20+,23-/m1/s1. The third-order valence-electron chi connectivity index (χ3n) is 7.48. The third-order valence-corrected chi connectivity index (χ3v) is 7.76. The first-order chi connectivity index (χ1) is 19.4. The number of imidazole rings is 1. The zero-order chi connectivity index (χ0) is 28.2. The van der Waals surface area contributed by atoms with Gasteiger partial charge in [0.1, 0.15) is 17.1 Å². The average molecular weight is 565 g/mol. The average Bonchev–Trinajstić information content (AvgIpc) is 3.39. The number of nitrogens with two attached hydrogens (primary N) is 1. The van der Waals surface area contributed by atoms with Crippen LogP contribution in [0.25, 0.3) is 22.6 Å². The molecule has 0 radical (unpaired) electrons. The van der Waals surface area contributed by atoms with E-state index >= 15 is 0 Å². The number of ether oxygens (including phenoxy) is 2. The maximum absolute atomic E-state index is 12.0. The number of amides is 1. The number of methoxy groups -OCH3 is 2. The summed E-state index contributed by atoms with van der Waals surface area (Å²) in [4.78, 5) is 26.7. The zero-order valence-corrected chi connectivity index (χ0v) is 23.2. The number of pyridine rings is 1. The second kappa shape index (κ2) is 12.3. The van der Waals surface area contributed by atoms with Gasteiger partial charge in [-0.3, -0.25) is 4.79 Å². The number of rotatable bonds is 10.